The van der Waals surface area contributed by atoms with Crippen molar-refractivity contribution in [3.63, 3.8) is 0 Å². The molecule has 6 heteroatoms. The molecule has 2 N–H and O–H groups in total. The fourth-order valence-electron chi connectivity index (χ4n) is 3.07. The van der Waals surface area contributed by atoms with Gasteiger partial charge in [-0.05, 0) is 12.5 Å². The third-order valence-electron chi connectivity index (χ3n) is 4.06. The molecule has 0 amide bonds. The molecule has 0 aliphatic carbocycles. The summed E-state index contributed by atoms with van der Waals surface area (Å²) in [6.45, 7) is 2.93. The van der Waals surface area contributed by atoms with E-state index in [-0.39, 0.29) is 6.04 Å². The van der Waals surface area contributed by atoms with Crippen LogP contribution in [-0.4, -0.2) is 31.9 Å². The zero-order valence-electron chi connectivity index (χ0n) is 12.2. The summed E-state index contributed by atoms with van der Waals surface area (Å²) in [5.41, 5.74) is 2.96. The first-order chi connectivity index (χ1) is 10.3. The van der Waals surface area contributed by atoms with Crippen molar-refractivity contribution in [3.8, 4) is 0 Å². The van der Waals surface area contributed by atoms with Gasteiger partial charge in [-0.2, -0.15) is 0 Å². The molecule has 0 spiro atoms. The van der Waals surface area contributed by atoms with E-state index in [0.717, 1.165) is 53.1 Å². The average molecular weight is 282 g/mol. The minimum atomic E-state index is 0.165. The molecule has 0 saturated heterocycles. The third-order valence-corrected chi connectivity index (χ3v) is 4.06. The van der Waals surface area contributed by atoms with E-state index >= 15 is 0 Å². The molecule has 0 saturated carbocycles. The van der Waals surface area contributed by atoms with Crippen molar-refractivity contribution in [1.29, 1.82) is 0 Å². The number of aromatic amines is 1. The van der Waals surface area contributed by atoms with E-state index in [1.807, 2.05) is 12.4 Å². The maximum absolute atomic E-state index is 4.77. The van der Waals surface area contributed by atoms with Gasteiger partial charge in [0.05, 0.1) is 24.1 Å². The predicted molar refractivity (Wildman–Crippen MR) is 83.5 cm³/mol. The second-order valence-electron chi connectivity index (χ2n) is 5.50. The number of nitrogens with zero attached hydrogens (tertiary/aromatic N) is 4. The second-order valence-corrected chi connectivity index (χ2v) is 5.50. The Kier molecular flexibility index (Phi) is 2.70. The number of hydrogen-bond donors (Lipinski definition) is 2. The van der Waals surface area contributed by atoms with E-state index in [9.17, 15) is 0 Å². The lowest BCUT2D eigenvalue weighted by molar-refractivity contribution is 0.626. The molecule has 6 nitrogen and oxygen atoms in total. The second kappa shape index (κ2) is 4.58. The number of imidazole rings is 1. The van der Waals surface area contributed by atoms with Crippen LogP contribution in [0, 0.1) is 0 Å². The molecule has 1 aliphatic heterocycles. The standard InChI is InChI=1S/C15H18N6/c1-3-4-12-17-8-11(19-12)15-20-10-7-18-14-9(5-6-16-14)13(10)21(15)2/h5-7,11H,3-4,8H2,1-2H3,(H,16,18)(H,17,19). The van der Waals surface area contributed by atoms with Gasteiger partial charge in [-0.1, -0.05) is 6.92 Å². The van der Waals surface area contributed by atoms with E-state index in [0.29, 0.717) is 0 Å². The number of hydrogen-bond acceptors (Lipinski definition) is 4. The first-order valence-corrected chi connectivity index (χ1v) is 7.36. The zero-order valence-corrected chi connectivity index (χ0v) is 12.2. The summed E-state index contributed by atoms with van der Waals surface area (Å²) < 4.78 is 2.16. The van der Waals surface area contributed by atoms with Crippen LogP contribution in [0.2, 0.25) is 0 Å². The Bertz CT molecular complexity index is 840. The molecule has 1 unspecified atom stereocenters. The van der Waals surface area contributed by atoms with Crippen molar-refractivity contribution in [2.45, 2.75) is 25.8 Å². The van der Waals surface area contributed by atoms with Gasteiger partial charge in [-0.15, -0.1) is 0 Å². The van der Waals surface area contributed by atoms with Gasteiger partial charge in [0, 0.05) is 25.1 Å². The van der Waals surface area contributed by atoms with Crippen molar-refractivity contribution in [3.05, 3.63) is 24.3 Å². The highest BCUT2D eigenvalue weighted by atomic mass is 15.2. The summed E-state index contributed by atoms with van der Waals surface area (Å²) in [6, 6.07) is 2.22. The van der Waals surface area contributed by atoms with Crippen LogP contribution in [0.3, 0.4) is 0 Å². The van der Waals surface area contributed by atoms with E-state index in [1.165, 1.54) is 0 Å². The monoisotopic (exact) mass is 282 g/mol. The molecule has 1 aliphatic rings. The zero-order chi connectivity index (χ0) is 14.4. The minimum Gasteiger partial charge on any atom is -0.362 e. The molecule has 3 aromatic rings. The molecule has 0 radical (unpaired) electrons. The van der Waals surface area contributed by atoms with Crippen molar-refractivity contribution in [2.75, 3.05) is 6.54 Å². The van der Waals surface area contributed by atoms with Crippen molar-refractivity contribution in [1.82, 2.24) is 24.8 Å². The van der Waals surface area contributed by atoms with Crippen LogP contribution >= 0.6 is 0 Å². The van der Waals surface area contributed by atoms with Crippen LogP contribution in [0.5, 0.6) is 0 Å². The summed E-state index contributed by atoms with van der Waals surface area (Å²) in [7, 11) is 2.07. The highest BCUT2D eigenvalue weighted by Crippen LogP contribution is 2.27. The van der Waals surface area contributed by atoms with Gasteiger partial charge in [-0.3, -0.25) is 4.99 Å². The highest BCUT2D eigenvalue weighted by Gasteiger charge is 2.24. The van der Waals surface area contributed by atoms with Crippen LogP contribution in [0.15, 0.2) is 23.5 Å². The maximum atomic E-state index is 4.77. The summed E-state index contributed by atoms with van der Waals surface area (Å²) in [4.78, 5) is 16.9. The summed E-state index contributed by atoms with van der Waals surface area (Å²) >= 11 is 0. The lowest BCUT2D eigenvalue weighted by Crippen LogP contribution is -2.25. The largest absolute Gasteiger partial charge is 0.362 e. The molecule has 4 rings (SSSR count). The Morgan fingerprint density at radius 3 is 3.19 bits per heavy atom. The number of amidine groups is 1. The first-order valence-electron chi connectivity index (χ1n) is 7.36. The van der Waals surface area contributed by atoms with E-state index in [1.54, 1.807) is 0 Å². The van der Waals surface area contributed by atoms with E-state index in [2.05, 4.69) is 44.9 Å². The number of H-pyrrole nitrogens is 1. The van der Waals surface area contributed by atoms with E-state index in [4.69, 9.17) is 4.98 Å². The van der Waals surface area contributed by atoms with Gasteiger partial charge in [0.25, 0.3) is 0 Å². The molecule has 1 atom stereocenters. The molecule has 4 heterocycles. The minimum absolute atomic E-state index is 0.165. The lowest BCUT2D eigenvalue weighted by Gasteiger charge is -2.11. The molecule has 3 aromatic heterocycles. The molecule has 0 aromatic carbocycles. The van der Waals surface area contributed by atoms with Gasteiger partial charge >= 0.3 is 0 Å². The van der Waals surface area contributed by atoms with E-state index < -0.39 is 0 Å². The summed E-state index contributed by atoms with van der Waals surface area (Å²) in [5, 5.41) is 4.60. The Labute approximate surface area is 122 Å². The van der Waals surface area contributed by atoms with Gasteiger partial charge in [0.2, 0.25) is 0 Å². The molecule has 0 fully saturated rings. The average Bonchev–Trinajstić information content (AvgIpc) is 3.17. The van der Waals surface area contributed by atoms with Gasteiger partial charge in [0.1, 0.15) is 23.0 Å². The Hall–Kier alpha value is -2.37. The molecular formula is C15H18N6. The van der Waals surface area contributed by atoms with Crippen molar-refractivity contribution in [2.24, 2.45) is 12.0 Å². The first kappa shape index (κ1) is 12.4. The highest BCUT2D eigenvalue weighted by molar-refractivity contribution is 6.01. The summed E-state index contributed by atoms with van der Waals surface area (Å²) in [6.07, 6.45) is 5.86. The lowest BCUT2D eigenvalue weighted by atomic mass is 10.2. The fraction of sp³-hybridized carbons (Fsp3) is 0.400. The van der Waals surface area contributed by atoms with Crippen molar-refractivity contribution < 1.29 is 0 Å². The quantitative estimate of drug-likeness (QED) is 0.774. The Morgan fingerprint density at radius 1 is 1.43 bits per heavy atom. The van der Waals surface area contributed by atoms with Crippen LogP contribution < -0.4 is 5.32 Å². The van der Waals surface area contributed by atoms with Crippen LogP contribution in [0.4, 0.5) is 0 Å². The van der Waals surface area contributed by atoms with Gasteiger partial charge in [0.15, 0.2) is 0 Å². The number of fused-ring (bicyclic) bond motifs is 3. The number of rotatable bonds is 3. The smallest absolute Gasteiger partial charge is 0.139 e. The Balaban J connectivity index is 1.78. The molecular weight excluding hydrogens is 264 g/mol. The number of nitrogens with one attached hydrogen (secondary N) is 2. The predicted octanol–water partition coefficient (Wildman–Crippen LogP) is 2.29. The maximum Gasteiger partial charge on any atom is 0.139 e. The number of aromatic nitrogens is 4. The number of aliphatic imine (C=N–C) groups is 1. The molecule has 0 bridgehead atoms. The van der Waals surface area contributed by atoms with Crippen molar-refractivity contribution >= 4 is 27.9 Å². The molecule has 108 valence electrons. The van der Waals surface area contributed by atoms with Crippen LogP contribution in [0.1, 0.15) is 31.6 Å². The number of pyridine rings is 1. The van der Waals surface area contributed by atoms with Crippen LogP contribution in [0.25, 0.3) is 22.1 Å². The normalized spacial score (nSPS) is 18.4. The van der Waals surface area contributed by atoms with Gasteiger partial charge in [-0.25, -0.2) is 9.97 Å². The SMILES string of the molecule is CCCC1=NCC(c2nc3cnc4[nH]ccc4c3n2C)N1. The number of aryl methyl sites for hydroxylation is 1. The fourth-order valence-corrected chi connectivity index (χ4v) is 3.07. The summed E-state index contributed by atoms with van der Waals surface area (Å²) in [5.74, 6) is 2.12. The topological polar surface area (TPSA) is 70.9 Å². The third kappa shape index (κ3) is 1.82. The van der Waals surface area contributed by atoms with Crippen LogP contribution in [-0.2, 0) is 7.05 Å². The van der Waals surface area contributed by atoms with Gasteiger partial charge < -0.3 is 14.9 Å². The Morgan fingerprint density at radius 2 is 2.33 bits per heavy atom. The molecule has 21 heavy (non-hydrogen) atoms.